The Morgan fingerprint density at radius 1 is 1.05 bits per heavy atom. The molecule has 1 aliphatic carbocycles. The number of nitrogens with zero attached hydrogens (tertiary/aromatic N) is 3. The van der Waals surface area contributed by atoms with Crippen LogP contribution in [0.15, 0.2) is 35.7 Å². The minimum Gasteiger partial charge on any atom is -0.488 e. The fourth-order valence-electron chi connectivity index (χ4n) is 6.73. The number of thiazole rings is 1. The van der Waals surface area contributed by atoms with E-state index in [1.165, 1.54) is 0 Å². The van der Waals surface area contributed by atoms with Crippen molar-refractivity contribution in [1.29, 1.82) is 0 Å². The number of carbonyl (C=O) groups excluding carboxylic acids is 1. The zero-order valence-corrected chi connectivity index (χ0v) is 24.7. The Morgan fingerprint density at radius 3 is 2.39 bits per heavy atom. The second kappa shape index (κ2) is 11.4. The van der Waals surface area contributed by atoms with Crippen LogP contribution in [-0.4, -0.2) is 66.3 Å². The number of morpholine rings is 1. The van der Waals surface area contributed by atoms with Gasteiger partial charge in [-0.15, -0.1) is 11.3 Å². The number of piperidine rings is 1. The van der Waals surface area contributed by atoms with Gasteiger partial charge in [0.1, 0.15) is 12.4 Å². The number of ether oxygens (including phenoxy) is 2. The van der Waals surface area contributed by atoms with Crippen LogP contribution in [0.4, 0.5) is 5.13 Å². The highest BCUT2D eigenvalue weighted by Crippen LogP contribution is 2.44. The fraction of sp³-hybridized carbons (Fsp3) is 0.469. The molecule has 1 saturated carbocycles. The smallest absolute Gasteiger partial charge is 0.307 e. The first-order valence-corrected chi connectivity index (χ1v) is 15.3. The number of carboxylic acid groups (broad SMARTS) is 1. The molecule has 2 saturated heterocycles. The van der Waals surface area contributed by atoms with Gasteiger partial charge in [0, 0.05) is 42.7 Å². The summed E-state index contributed by atoms with van der Waals surface area (Å²) in [6, 6.07) is 10.1. The molecule has 3 aromatic rings. The van der Waals surface area contributed by atoms with Gasteiger partial charge in [0.2, 0.25) is 0 Å². The largest absolute Gasteiger partial charge is 0.488 e. The van der Waals surface area contributed by atoms with Crippen molar-refractivity contribution in [2.24, 2.45) is 17.8 Å². The van der Waals surface area contributed by atoms with Crippen molar-refractivity contribution in [3.63, 3.8) is 0 Å². The predicted molar refractivity (Wildman–Crippen MR) is 159 cm³/mol. The number of rotatable bonds is 7. The molecular weight excluding hydrogens is 538 g/mol. The Bertz CT molecular complexity index is 1430. The van der Waals surface area contributed by atoms with Crippen LogP contribution in [0.5, 0.6) is 5.75 Å². The third kappa shape index (κ3) is 5.57. The quantitative estimate of drug-likeness (QED) is 0.407. The number of anilines is 1. The molecule has 3 heterocycles. The van der Waals surface area contributed by atoms with Crippen LogP contribution < -0.4 is 9.64 Å². The SMILES string of the molecule is Cc1ccc(OCc2c(C)cc(C(=O)N3CCOCC3)cc2C)c(-c2csc(N3CC4CC[C@H](C3)C4C(=O)O)n2)c1. The van der Waals surface area contributed by atoms with Crippen molar-refractivity contribution in [1.82, 2.24) is 9.88 Å². The van der Waals surface area contributed by atoms with Crippen molar-refractivity contribution in [2.75, 3.05) is 44.3 Å². The third-order valence-corrected chi connectivity index (χ3v) is 9.81. The molecule has 6 rings (SSSR count). The van der Waals surface area contributed by atoms with Gasteiger partial charge in [-0.3, -0.25) is 9.59 Å². The van der Waals surface area contributed by atoms with Crippen molar-refractivity contribution < 1.29 is 24.2 Å². The van der Waals surface area contributed by atoms with Gasteiger partial charge >= 0.3 is 5.97 Å². The third-order valence-electron chi connectivity index (χ3n) is 8.91. The van der Waals surface area contributed by atoms with E-state index < -0.39 is 5.97 Å². The van der Waals surface area contributed by atoms with E-state index in [9.17, 15) is 14.7 Å². The van der Waals surface area contributed by atoms with E-state index in [1.807, 2.05) is 43.0 Å². The molecule has 9 heteroatoms. The van der Waals surface area contributed by atoms with Crippen LogP contribution in [0.2, 0.25) is 0 Å². The summed E-state index contributed by atoms with van der Waals surface area (Å²) in [7, 11) is 0. The molecule has 1 amide bonds. The summed E-state index contributed by atoms with van der Waals surface area (Å²) in [5, 5.41) is 12.7. The van der Waals surface area contributed by atoms with Gasteiger partial charge in [-0.25, -0.2) is 4.98 Å². The monoisotopic (exact) mass is 575 g/mol. The summed E-state index contributed by atoms with van der Waals surface area (Å²) in [5.41, 5.74) is 6.79. The Kier molecular flexibility index (Phi) is 7.74. The molecular formula is C32H37N3O5S. The van der Waals surface area contributed by atoms with Crippen LogP contribution in [-0.2, 0) is 16.1 Å². The molecule has 2 unspecified atom stereocenters. The van der Waals surface area contributed by atoms with Gasteiger partial charge in [0.15, 0.2) is 5.13 Å². The predicted octanol–water partition coefficient (Wildman–Crippen LogP) is 5.33. The summed E-state index contributed by atoms with van der Waals surface area (Å²) in [6.07, 6.45) is 1.96. The molecule has 41 heavy (non-hydrogen) atoms. The lowest BCUT2D eigenvalue weighted by Gasteiger charge is -2.35. The average Bonchev–Trinajstić information content (AvgIpc) is 3.56. The zero-order valence-electron chi connectivity index (χ0n) is 23.9. The molecule has 3 aliphatic rings. The van der Waals surface area contributed by atoms with E-state index in [2.05, 4.69) is 23.3 Å². The van der Waals surface area contributed by atoms with E-state index in [1.54, 1.807) is 11.3 Å². The first-order valence-electron chi connectivity index (χ1n) is 14.4. The van der Waals surface area contributed by atoms with Crippen molar-refractivity contribution >= 4 is 28.3 Å². The second-order valence-electron chi connectivity index (χ2n) is 11.7. The van der Waals surface area contributed by atoms with E-state index in [0.717, 1.165) is 70.3 Å². The molecule has 3 atom stereocenters. The average molecular weight is 576 g/mol. The van der Waals surface area contributed by atoms with Crippen LogP contribution in [0.25, 0.3) is 11.3 Å². The lowest BCUT2D eigenvalue weighted by Crippen LogP contribution is -2.44. The molecule has 8 nitrogen and oxygen atoms in total. The molecule has 216 valence electrons. The molecule has 0 spiro atoms. The topological polar surface area (TPSA) is 92.2 Å². The number of aliphatic carboxylic acids is 1. The Balaban J connectivity index is 1.18. The van der Waals surface area contributed by atoms with E-state index in [0.29, 0.717) is 38.5 Å². The molecule has 2 aliphatic heterocycles. The zero-order chi connectivity index (χ0) is 28.7. The maximum Gasteiger partial charge on any atom is 0.307 e. The summed E-state index contributed by atoms with van der Waals surface area (Å²) >= 11 is 1.61. The number of hydrogen-bond donors (Lipinski definition) is 1. The van der Waals surface area contributed by atoms with Crippen LogP contribution in [0, 0.1) is 38.5 Å². The van der Waals surface area contributed by atoms with E-state index >= 15 is 0 Å². The Morgan fingerprint density at radius 2 is 1.73 bits per heavy atom. The standard InChI is InChI=1S/C32H37N3O5S/c1-19-4-7-28(40-17-26-20(2)13-24(14-21(26)3)30(36)34-8-10-39-11-9-34)25(12-19)27-18-41-32(33-27)35-15-22-5-6-23(16-35)29(22)31(37)38/h4,7,12-14,18,22-23,29H,5-6,8-11,15-17H2,1-3H3,(H,37,38)/t22-,23?,29?/m1/s1. The molecule has 2 aromatic carbocycles. The molecule has 2 bridgehead atoms. The Hall–Kier alpha value is -3.43. The van der Waals surface area contributed by atoms with Gasteiger partial charge in [-0.2, -0.15) is 0 Å². The normalized spacial score (nSPS) is 22.2. The van der Waals surface area contributed by atoms with Gasteiger partial charge in [-0.05, 0) is 86.4 Å². The molecule has 1 N–H and O–H groups in total. The first-order chi connectivity index (χ1) is 19.8. The minimum atomic E-state index is -0.651. The molecule has 3 fully saturated rings. The fourth-order valence-corrected chi connectivity index (χ4v) is 7.57. The highest BCUT2D eigenvalue weighted by molar-refractivity contribution is 7.14. The van der Waals surface area contributed by atoms with E-state index in [-0.39, 0.29) is 23.7 Å². The van der Waals surface area contributed by atoms with Crippen LogP contribution >= 0.6 is 11.3 Å². The van der Waals surface area contributed by atoms with Gasteiger partial charge in [-0.1, -0.05) is 11.6 Å². The highest BCUT2D eigenvalue weighted by atomic mass is 32.1. The number of aryl methyl sites for hydroxylation is 3. The van der Waals surface area contributed by atoms with E-state index in [4.69, 9.17) is 14.5 Å². The second-order valence-corrected chi connectivity index (χ2v) is 12.5. The molecule has 0 radical (unpaired) electrons. The summed E-state index contributed by atoms with van der Waals surface area (Å²) < 4.78 is 11.8. The lowest BCUT2D eigenvalue weighted by molar-refractivity contribution is -0.144. The number of benzene rings is 2. The van der Waals surface area contributed by atoms with Crippen LogP contribution in [0.3, 0.4) is 0 Å². The number of fused-ring (bicyclic) bond motifs is 2. The first kappa shape index (κ1) is 27.7. The van der Waals surface area contributed by atoms with Crippen molar-refractivity contribution in [2.45, 2.75) is 40.2 Å². The summed E-state index contributed by atoms with van der Waals surface area (Å²) in [5.74, 6) is 0.331. The summed E-state index contributed by atoms with van der Waals surface area (Å²) in [4.78, 5) is 33.9. The minimum absolute atomic E-state index is 0.0484. The number of carbonyl (C=O) groups is 2. The van der Waals surface area contributed by atoms with Crippen molar-refractivity contribution in [3.8, 4) is 17.0 Å². The number of amides is 1. The van der Waals surface area contributed by atoms with Gasteiger partial charge in [0.05, 0.1) is 24.8 Å². The number of hydrogen-bond acceptors (Lipinski definition) is 7. The summed E-state index contributed by atoms with van der Waals surface area (Å²) in [6.45, 7) is 10.4. The maximum absolute atomic E-state index is 13.0. The maximum atomic E-state index is 13.0. The Labute approximate surface area is 244 Å². The highest BCUT2D eigenvalue weighted by Gasteiger charge is 2.46. The van der Waals surface area contributed by atoms with Crippen molar-refractivity contribution in [3.05, 3.63) is 63.5 Å². The lowest BCUT2D eigenvalue weighted by atomic mass is 9.85. The molecule has 1 aromatic heterocycles. The number of carboxylic acids is 1. The van der Waals surface area contributed by atoms with Crippen LogP contribution in [0.1, 0.15) is 45.5 Å². The van der Waals surface area contributed by atoms with Gasteiger partial charge < -0.3 is 24.4 Å². The number of aromatic nitrogens is 1. The van der Waals surface area contributed by atoms with Gasteiger partial charge in [0.25, 0.3) is 5.91 Å².